The molecule has 1 saturated carbocycles. The lowest BCUT2D eigenvalue weighted by Crippen LogP contribution is -2.56. The van der Waals surface area contributed by atoms with E-state index < -0.39 is 5.41 Å². The number of amides is 1. The number of hydrogen-bond donors (Lipinski definition) is 2. The Morgan fingerprint density at radius 3 is 2.61 bits per heavy atom. The maximum atomic E-state index is 13.0. The van der Waals surface area contributed by atoms with Crippen LogP contribution in [0.2, 0.25) is 10.0 Å². The zero-order valence-electron chi connectivity index (χ0n) is 13.2. The van der Waals surface area contributed by atoms with Crippen molar-refractivity contribution in [1.82, 2.24) is 10.6 Å². The minimum atomic E-state index is -0.418. The number of halogens is 3. The zero-order valence-corrected chi connectivity index (χ0v) is 15.5. The number of benzene rings is 1. The Morgan fingerprint density at radius 2 is 2.04 bits per heavy atom. The number of carbonyl (C=O) groups excluding carboxylic acids is 1. The monoisotopic (exact) mass is 376 g/mol. The van der Waals surface area contributed by atoms with Gasteiger partial charge in [-0.1, -0.05) is 42.6 Å². The van der Waals surface area contributed by atoms with Gasteiger partial charge in [0.05, 0.1) is 15.5 Å². The number of carbonyl (C=O) groups is 1. The number of nitrogens with one attached hydrogen (secondary N) is 2. The van der Waals surface area contributed by atoms with Crippen LogP contribution in [-0.4, -0.2) is 25.0 Å². The molecule has 2 fully saturated rings. The third-order valence-electron chi connectivity index (χ3n) is 5.22. The molecule has 1 aliphatic heterocycles. The first-order valence-corrected chi connectivity index (χ1v) is 8.76. The summed E-state index contributed by atoms with van der Waals surface area (Å²) < 4.78 is 0. The van der Waals surface area contributed by atoms with E-state index in [1.807, 2.05) is 12.1 Å². The minimum absolute atomic E-state index is 0. The van der Waals surface area contributed by atoms with E-state index in [-0.39, 0.29) is 24.4 Å². The summed E-state index contributed by atoms with van der Waals surface area (Å²) in [6, 6.07) is 5.85. The summed E-state index contributed by atoms with van der Waals surface area (Å²) >= 11 is 12.2. The van der Waals surface area contributed by atoms with Crippen molar-refractivity contribution in [3.05, 3.63) is 33.8 Å². The molecule has 0 radical (unpaired) electrons. The van der Waals surface area contributed by atoms with Crippen LogP contribution in [0.15, 0.2) is 18.2 Å². The average Bonchev–Trinajstić information content (AvgIpc) is 2.44. The van der Waals surface area contributed by atoms with Gasteiger partial charge in [0.1, 0.15) is 0 Å². The Hall–Kier alpha value is -0.480. The maximum Gasteiger partial charge on any atom is 0.230 e. The van der Waals surface area contributed by atoms with E-state index in [9.17, 15) is 4.79 Å². The predicted molar refractivity (Wildman–Crippen MR) is 97.8 cm³/mol. The van der Waals surface area contributed by atoms with Gasteiger partial charge in [0.25, 0.3) is 0 Å². The topological polar surface area (TPSA) is 41.1 Å². The van der Waals surface area contributed by atoms with E-state index >= 15 is 0 Å². The molecule has 1 saturated heterocycles. The molecule has 0 bridgehead atoms. The highest BCUT2D eigenvalue weighted by Crippen LogP contribution is 2.45. The van der Waals surface area contributed by atoms with E-state index in [1.165, 1.54) is 0 Å². The highest BCUT2D eigenvalue weighted by Gasteiger charge is 2.46. The van der Waals surface area contributed by atoms with Crippen LogP contribution in [0.5, 0.6) is 0 Å². The lowest BCUT2D eigenvalue weighted by molar-refractivity contribution is -0.131. The van der Waals surface area contributed by atoms with Crippen molar-refractivity contribution >= 4 is 41.5 Å². The van der Waals surface area contributed by atoms with Crippen LogP contribution in [-0.2, 0) is 10.2 Å². The van der Waals surface area contributed by atoms with Crippen molar-refractivity contribution in [3.8, 4) is 0 Å². The van der Waals surface area contributed by atoms with Crippen LogP contribution in [0.25, 0.3) is 0 Å². The second kappa shape index (κ2) is 7.60. The largest absolute Gasteiger partial charge is 0.352 e. The zero-order chi connectivity index (χ0) is 15.7. The molecule has 2 aliphatic rings. The SMILES string of the molecule is CC1CNCCC1NC(=O)C1(c2ccc(Cl)c(Cl)c2)CCC1.Cl. The van der Waals surface area contributed by atoms with Crippen molar-refractivity contribution in [3.63, 3.8) is 0 Å². The molecular formula is C17H23Cl3N2O. The third kappa shape index (κ3) is 3.63. The second-order valence-electron chi connectivity index (χ2n) is 6.61. The van der Waals surface area contributed by atoms with E-state index in [2.05, 4.69) is 17.6 Å². The molecule has 128 valence electrons. The summed E-state index contributed by atoms with van der Waals surface area (Å²) in [6.07, 6.45) is 3.84. The molecule has 0 aromatic heterocycles. The molecule has 1 amide bonds. The Morgan fingerprint density at radius 1 is 1.30 bits per heavy atom. The second-order valence-corrected chi connectivity index (χ2v) is 7.43. The highest BCUT2D eigenvalue weighted by atomic mass is 35.5. The number of rotatable bonds is 3. The van der Waals surface area contributed by atoms with Crippen LogP contribution >= 0.6 is 35.6 Å². The van der Waals surface area contributed by atoms with Crippen molar-refractivity contribution in [1.29, 1.82) is 0 Å². The molecule has 1 aliphatic carbocycles. The molecule has 3 rings (SSSR count). The van der Waals surface area contributed by atoms with Gasteiger partial charge in [-0.15, -0.1) is 12.4 Å². The average molecular weight is 378 g/mol. The van der Waals surface area contributed by atoms with Gasteiger partial charge in [-0.25, -0.2) is 0 Å². The summed E-state index contributed by atoms with van der Waals surface area (Å²) in [4.78, 5) is 13.0. The van der Waals surface area contributed by atoms with Gasteiger partial charge in [0.2, 0.25) is 5.91 Å². The molecule has 3 nitrogen and oxygen atoms in total. The lowest BCUT2D eigenvalue weighted by atomic mass is 9.63. The van der Waals surface area contributed by atoms with Gasteiger partial charge in [-0.3, -0.25) is 4.79 Å². The molecule has 0 spiro atoms. The van der Waals surface area contributed by atoms with Gasteiger partial charge in [-0.2, -0.15) is 0 Å². The van der Waals surface area contributed by atoms with Gasteiger partial charge in [0, 0.05) is 6.04 Å². The molecular weight excluding hydrogens is 355 g/mol. The number of piperidine rings is 1. The van der Waals surface area contributed by atoms with Crippen LogP contribution in [0.4, 0.5) is 0 Å². The van der Waals surface area contributed by atoms with Crippen molar-refractivity contribution < 1.29 is 4.79 Å². The Bertz CT molecular complexity index is 575. The molecule has 2 N–H and O–H groups in total. The van der Waals surface area contributed by atoms with Crippen molar-refractivity contribution in [2.24, 2.45) is 5.92 Å². The van der Waals surface area contributed by atoms with Crippen LogP contribution in [0.1, 0.15) is 38.2 Å². The Balaban J connectivity index is 0.00000192. The summed E-state index contributed by atoms with van der Waals surface area (Å²) in [5.41, 5.74) is 0.575. The fourth-order valence-electron chi connectivity index (χ4n) is 3.51. The minimum Gasteiger partial charge on any atom is -0.352 e. The van der Waals surface area contributed by atoms with Crippen LogP contribution in [0.3, 0.4) is 0 Å². The Kier molecular flexibility index (Phi) is 6.23. The standard InChI is InChI=1S/C17H22Cl2N2O.ClH/c1-11-10-20-8-5-15(11)21-16(22)17(6-2-7-17)12-3-4-13(18)14(19)9-12;/h3-4,9,11,15,20H,2,5-8,10H2,1H3,(H,21,22);1H. The van der Waals surface area contributed by atoms with E-state index in [0.717, 1.165) is 44.3 Å². The quantitative estimate of drug-likeness (QED) is 0.837. The fourth-order valence-corrected chi connectivity index (χ4v) is 3.80. The molecule has 2 unspecified atom stereocenters. The molecule has 1 aromatic carbocycles. The van der Waals surface area contributed by atoms with Crippen LogP contribution < -0.4 is 10.6 Å². The first-order valence-electron chi connectivity index (χ1n) is 8.00. The summed E-state index contributed by atoms with van der Waals surface area (Å²) in [5.74, 6) is 0.611. The summed E-state index contributed by atoms with van der Waals surface area (Å²) in [5, 5.41) is 7.71. The van der Waals surface area contributed by atoms with E-state index in [4.69, 9.17) is 23.2 Å². The van der Waals surface area contributed by atoms with Gasteiger partial charge in [-0.05, 0) is 56.0 Å². The summed E-state index contributed by atoms with van der Waals surface area (Å²) in [7, 11) is 0. The molecule has 1 heterocycles. The predicted octanol–water partition coefficient (Wildman–Crippen LogP) is 3.95. The van der Waals surface area contributed by atoms with Gasteiger partial charge in [0.15, 0.2) is 0 Å². The fraction of sp³-hybridized carbons (Fsp3) is 0.588. The Labute approximate surface area is 153 Å². The van der Waals surface area contributed by atoms with Crippen molar-refractivity contribution in [2.45, 2.75) is 44.1 Å². The smallest absolute Gasteiger partial charge is 0.230 e. The molecule has 23 heavy (non-hydrogen) atoms. The summed E-state index contributed by atoms with van der Waals surface area (Å²) in [6.45, 7) is 4.11. The van der Waals surface area contributed by atoms with Crippen molar-refractivity contribution in [2.75, 3.05) is 13.1 Å². The third-order valence-corrected chi connectivity index (χ3v) is 5.95. The normalized spacial score (nSPS) is 25.9. The molecule has 6 heteroatoms. The first kappa shape index (κ1) is 18.9. The lowest BCUT2D eigenvalue weighted by Gasteiger charge is -2.43. The first-order chi connectivity index (χ1) is 10.5. The van der Waals surface area contributed by atoms with Crippen LogP contribution in [0, 0.1) is 5.92 Å². The van der Waals surface area contributed by atoms with Gasteiger partial charge >= 0.3 is 0 Å². The van der Waals surface area contributed by atoms with Gasteiger partial charge < -0.3 is 10.6 Å². The number of hydrogen-bond acceptors (Lipinski definition) is 2. The van der Waals surface area contributed by atoms with E-state index in [1.54, 1.807) is 6.07 Å². The highest BCUT2D eigenvalue weighted by molar-refractivity contribution is 6.42. The maximum absolute atomic E-state index is 13.0. The molecule has 2 atom stereocenters. The molecule has 1 aromatic rings. The van der Waals surface area contributed by atoms with E-state index in [0.29, 0.717) is 16.0 Å².